The van der Waals surface area contributed by atoms with Crippen molar-refractivity contribution in [3.63, 3.8) is 0 Å². The Morgan fingerprint density at radius 3 is 2.15 bits per heavy atom. The molecule has 2 heterocycles. The van der Waals surface area contributed by atoms with Gasteiger partial charge in [0.1, 0.15) is 24.3 Å². The van der Waals surface area contributed by atoms with E-state index in [0.29, 0.717) is 12.2 Å². The molecule has 0 amide bonds. The summed E-state index contributed by atoms with van der Waals surface area (Å²) in [6.45, 7) is 13.7. The highest BCUT2D eigenvalue weighted by atomic mass is 16.5. The van der Waals surface area contributed by atoms with Crippen molar-refractivity contribution in [2.45, 2.75) is 84.5 Å². The lowest BCUT2D eigenvalue weighted by Crippen LogP contribution is -2.27. The number of allylic oxidation sites excluding steroid dienone is 7. The van der Waals surface area contributed by atoms with E-state index < -0.39 is 0 Å². The first-order valence-electron chi connectivity index (χ1n) is 21.7. The van der Waals surface area contributed by atoms with Crippen molar-refractivity contribution in [3.05, 3.63) is 189 Å². The molecule has 60 heavy (non-hydrogen) atoms. The lowest BCUT2D eigenvalue weighted by molar-refractivity contribution is -0.401. The first-order chi connectivity index (χ1) is 28.8. The van der Waals surface area contributed by atoms with E-state index in [9.17, 15) is 5.11 Å². The molecule has 2 aliphatic heterocycles. The third-order valence-electron chi connectivity index (χ3n) is 13.3. The number of aryl methyl sites for hydroxylation is 2. The number of aromatic hydroxyl groups is 1. The maximum atomic E-state index is 10.4. The second-order valence-corrected chi connectivity index (χ2v) is 18.2. The summed E-state index contributed by atoms with van der Waals surface area (Å²) in [6, 6.07) is 39.1. The Labute approximate surface area is 356 Å². The summed E-state index contributed by atoms with van der Waals surface area (Å²) in [5.74, 6) is 2.10. The highest BCUT2D eigenvalue weighted by Gasteiger charge is 2.44. The summed E-state index contributed by atoms with van der Waals surface area (Å²) in [5, 5.41) is 15.6. The third-order valence-corrected chi connectivity index (χ3v) is 13.3. The van der Waals surface area contributed by atoms with Gasteiger partial charge in [-0.1, -0.05) is 93.6 Å². The third kappa shape index (κ3) is 6.86. The smallest absolute Gasteiger partial charge is 0.210 e. The highest BCUT2D eigenvalue weighted by molar-refractivity contribution is 6.07. The number of phenols is 1. The molecule has 0 fully saturated rings. The van der Waals surface area contributed by atoms with Crippen LogP contribution in [0.3, 0.4) is 0 Å². The van der Waals surface area contributed by atoms with Gasteiger partial charge in [-0.25, -0.2) is 0 Å². The molecular formula is C56H57N2O2+. The van der Waals surface area contributed by atoms with Gasteiger partial charge in [-0.2, -0.15) is 4.58 Å². The van der Waals surface area contributed by atoms with E-state index in [1.54, 1.807) is 0 Å². The number of phenolic OH excluding ortho intramolecular Hbond substituents is 1. The van der Waals surface area contributed by atoms with Crippen LogP contribution in [0, 0.1) is 6.92 Å². The minimum absolute atomic E-state index is 0.187. The largest absolute Gasteiger partial charge is 0.508 e. The quantitative estimate of drug-likeness (QED) is 0.156. The second kappa shape index (κ2) is 15.2. The van der Waals surface area contributed by atoms with Gasteiger partial charge in [0.25, 0.3) is 0 Å². The SMILES string of the molecule is CCc1cc(Cc2cc(C)cc(O)c2)cc(OC2=C(C=CC3=[N+](C)c4ccc5ccccc5c4C3(C)C)CCCC2=CC=C2N(C)c3ccc4ccccc4c3C2(C)C)c1. The Hall–Kier alpha value is -6.13. The minimum atomic E-state index is -0.187. The average Bonchev–Trinajstić information content (AvgIpc) is 3.55. The van der Waals surface area contributed by atoms with Crippen molar-refractivity contribution in [1.82, 2.24) is 0 Å². The van der Waals surface area contributed by atoms with E-state index in [4.69, 9.17) is 4.74 Å². The van der Waals surface area contributed by atoms with Crippen LogP contribution in [0.2, 0.25) is 0 Å². The van der Waals surface area contributed by atoms with Crippen molar-refractivity contribution in [3.8, 4) is 11.5 Å². The number of benzene rings is 6. The van der Waals surface area contributed by atoms with Crippen molar-refractivity contribution >= 4 is 38.6 Å². The molecular weight excluding hydrogens is 733 g/mol. The minimum Gasteiger partial charge on any atom is -0.508 e. The van der Waals surface area contributed by atoms with Crippen LogP contribution in [-0.4, -0.2) is 29.5 Å². The Morgan fingerprint density at radius 2 is 1.42 bits per heavy atom. The molecule has 6 aromatic carbocycles. The summed E-state index contributed by atoms with van der Waals surface area (Å²) in [7, 11) is 4.41. The Balaban J connectivity index is 1.14. The van der Waals surface area contributed by atoms with E-state index in [1.165, 1.54) is 77.7 Å². The van der Waals surface area contributed by atoms with Crippen molar-refractivity contribution in [2.24, 2.45) is 0 Å². The molecule has 0 spiro atoms. The van der Waals surface area contributed by atoms with E-state index >= 15 is 0 Å². The first kappa shape index (κ1) is 39.3. The highest BCUT2D eigenvalue weighted by Crippen LogP contribution is 2.50. The zero-order valence-corrected chi connectivity index (χ0v) is 36.5. The summed E-state index contributed by atoms with van der Waals surface area (Å²) in [6.07, 6.45) is 13.9. The summed E-state index contributed by atoms with van der Waals surface area (Å²) in [4.78, 5) is 2.38. The molecule has 4 heteroatoms. The Bertz CT molecular complexity index is 2860. The zero-order chi connectivity index (χ0) is 41.9. The fourth-order valence-electron chi connectivity index (χ4n) is 10.5. The fourth-order valence-corrected chi connectivity index (χ4v) is 10.5. The number of fused-ring (bicyclic) bond motifs is 6. The Morgan fingerprint density at radius 1 is 0.733 bits per heavy atom. The topological polar surface area (TPSA) is 35.7 Å². The van der Waals surface area contributed by atoms with Gasteiger partial charge in [0.2, 0.25) is 5.69 Å². The van der Waals surface area contributed by atoms with Gasteiger partial charge in [0, 0.05) is 41.6 Å². The fraction of sp³-hybridized carbons (Fsp3) is 0.268. The van der Waals surface area contributed by atoms with Crippen LogP contribution in [0.25, 0.3) is 21.5 Å². The van der Waals surface area contributed by atoms with Crippen LogP contribution in [0.15, 0.2) is 156 Å². The van der Waals surface area contributed by atoms with Gasteiger partial charge < -0.3 is 14.7 Å². The van der Waals surface area contributed by atoms with Gasteiger partial charge in [0.05, 0.1) is 5.41 Å². The van der Waals surface area contributed by atoms with Gasteiger partial charge in [-0.15, -0.1) is 0 Å². The first-order valence-corrected chi connectivity index (χ1v) is 21.7. The number of nitrogens with zero attached hydrogens (tertiary/aromatic N) is 2. The molecule has 1 N–H and O–H groups in total. The van der Waals surface area contributed by atoms with Crippen LogP contribution in [0.1, 0.15) is 87.3 Å². The molecule has 0 radical (unpaired) electrons. The van der Waals surface area contributed by atoms with Crippen molar-refractivity contribution in [2.75, 3.05) is 19.0 Å². The molecule has 1 aliphatic carbocycles. The zero-order valence-electron chi connectivity index (χ0n) is 36.5. The van der Waals surface area contributed by atoms with Crippen molar-refractivity contribution < 1.29 is 14.4 Å². The van der Waals surface area contributed by atoms with E-state index in [-0.39, 0.29) is 10.8 Å². The molecule has 4 nitrogen and oxygen atoms in total. The van der Waals surface area contributed by atoms with E-state index in [0.717, 1.165) is 48.3 Å². The predicted octanol–water partition coefficient (Wildman–Crippen LogP) is 13.5. The van der Waals surface area contributed by atoms with Gasteiger partial charge in [0.15, 0.2) is 5.71 Å². The molecule has 0 unspecified atom stereocenters. The number of hydrogen-bond donors (Lipinski definition) is 1. The lowest BCUT2D eigenvalue weighted by Gasteiger charge is -2.25. The molecule has 0 bridgehead atoms. The number of anilines is 1. The number of hydrogen-bond acceptors (Lipinski definition) is 3. The van der Waals surface area contributed by atoms with Crippen LogP contribution in [-0.2, 0) is 23.7 Å². The molecule has 0 saturated heterocycles. The number of rotatable bonds is 8. The lowest BCUT2D eigenvalue weighted by atomic mass is 9.78. The summed E-state index contributed by atoms with van der Waals surface area (Å²) in [5.41, 5.74) is 14.4. The van der Waals surface area contributed by atoms with Gasteiger partial charge in [-0.05, 0) is 162 Å². The van der Waals surface area contributed by atoms with Gasteiger partial charge in [-0.3, -0.25) is 0 Å². The molecule has 9 rings (SSSR count). The molecule has 0 atom stereocenters. The molecule has 3 aliphatic rings. The van der Waals surface area contributed by atoms with Crippen LogP contribution < -0.4 is 9.64 Å². The molecule has 6 aromatic rings. The van der Waals surface area contributed by atoms with Crippen LogP contribution in [0.4, 0.5) is 11.4 Å². The van der Waals surface area contributed by atoms with Crippen LogP contribution >= 0.6 is 0 Å². The van der Waals surface area contributed by atoms with Crippen molar-refractivity contribution in [1.29, 1.82) is 0 Å². The molecule has 302 valence electrons. The molecule has 0 aromatic heterocycles. The maximum Gasteiger partial charge on any atom is 0.210 e. The van der Waals surface area contributed by atoms with E-state index in [1.807, 2.05) is 19.1 Å². The maximum absolute atomic E-state index is 10.4. The standard InChI is InChI=1S/C56H56N2O2/c1-9-37-31-39(32-38-29-36(2)30-44(59)33-38)35-45(34-37)60-54-42(23-27-50-55(3,4)52-46-19-12-10-15-40(46)21-25-48(52)57(50)7)17-14-18-43(54)24-28-51-56(5,6)53-47-20-13-11-16-41(47)22-26-49(53)58(51)8/h10-13,15-16,19-31,33-35H,9,14,17-18,32H2,1-8H3/p+1. The summed E-state index contributed by atoms with van der Waals surface area (Å²) >= 11 is 0. The average molecular weight is 790 g/mol. The normalized spacial score (nSPS) is 18.4. The Kier molecular flexibility index (Phi) is 9.94. The second-order valence-electron chi connectivity index (χ2n) is 18.2. The summed E-state index contributed by atoms with van der Waals surface area (Å²) < 4.78 is 9.60. The molecule has 0 saturated carbocycles. The van der Waals surface area contributed by atoms with E-state index in [2.05, 4.69) is 180 Å². The van der Waals surface area contributed by atoms with Crippen LogP contribution in [0.5, 0.6) is 11.5 Å². The number of likely N-dealkylation sites (N-methyl/N-ethyl adjacent to an activating group) is 1. The predicted molar refractivity (Wildman–Crippen MR) is 251 cm³/mol. The number of ether oxygens (including phenoxy) is 1. The monoisotopic (exact) mass is 789 g/mol. The van der Waals surface area contributed by atoms with Gasteiger partial charge >= 0.3 is 0 Å².